The van der Waals surface area contributed by atoms with Crippen molar-refractivity contribution in [3.63, 3.8) is 0 Å². The summed E-state index contributed by atoms with van der Waals surface area (Å²) < 4.78 is 0. The van der Waals surface area contributed by atoms with E-state index in [2.05, 4.69) is 60.1 Å². The van der Waals surface area contributed by atoms with Gasteiger partial charge in [0.2, 0.25) is 0 Å². The average Bonchev–Trinajstić information content (AvgIpc) is 2.72. The minimum Gasteiger partial charge on any atom is -0.394 e. The van der Waals surface area contributed by atoms with Gasteiger partial charge in [0.25, 0.3) is 0 Å². The molecule has 0 atom stereocenters. The van der Waals surface area contributed by atoms with E-state index < -0.39 is 5.54 Å². The molecule has 6 heteroatoms. The Morgan fingerprint density at radius 1 is 1.07 bits per heavy atom. The summed E-state index contributed by atoms with van der Waals surface area (Å²) in [6.07, 6.45) is 1.26. The van der Waals surface area contributed by atoms with E-state index in [1.54, 1.807) is 24.2 Å². The molecule has 0 radical (unpaired) electrons. The minimum absolute atomic E-state index is 0.219. The molecule has 0 spiro atoms. The number of rotatable bonds is 9. The fraction of sp³-hybridized carbons (Fsp3) is 0.286. The second-order valence-electron chi connectivity index (χ2n) is 6.26. The molecule has 0 aromatic heterocycles. The fourth-order valence-corrected chi connectivity index (χ4v) is 3.81. The molecule has 144 valence electrons. The molecule has 4 N–H and O–H groups in total. The van der Waals surface area contributed by atoms with E-state index in [0.717, 1.165) is 32.4 Å². The summed E-state index contributed by atoms with van der Waals surface area (Å²) in [7, 11) is 1.78. The van der Waals surface area contributed by atoms with Gasteiger partial charge in [-0.1, -0.05) is 54.4 Å². The van der Waals surface area contributed by atoms with Crippen molar-refractivity contribution in [2.75, 3.05) is 20.3 Å². The highest BCUT2D eigenvalue weighted by atomic mass is 32.2. The number of benzene rings is 2. The summed E-state index contributed by atoms with van der Waals surface area (Å²) >= 11 is 3.22. The van der Waals surface area contributed by atoms with E-state index in [0.29, 0.717) is 6.42 Å². The number of aliphatic hydroxyl groups excluding tert-OH is 2. The summed E-state index contributed by atoms with van der Waals surface area (Å²) in [6.45, 7) is 3.30. The maximum Gasteiger partial charge on any atom is 0.101 e. The average molecular weight is 403 g/mol. The van der Waals surface area contributed by atoms with E-state index in [-0.39, 0.29) is 13.2 Å². The van der Waals surface area contributed by atoms with Gasteiger partial charge in [-0.2, -0.15) is 0 Å². The zero-order valence-corrected chi connectivity index (χ0v) is 17.1. The smallest absolute Gasteiger partial charge is 0.101 e. The Morgan fingerprint density at radius 3 is 2.11 bits per heavy atom. The van der Waals surface area contributed by atoms with Crippen molar-refractivity contribution in [1.29, 1.82) is 0 Å². The number of aryl methyl sites for hydroxylation is 1. The summed E-state index contributed by atoms with van der Waals surface area (Å²) in [5, 5.41) is 21.3. The molecule has 0 unspecified atom stereocenters. The predicted molar refractivity (Wildman–Crippen MR) is 117 cm³/mol. The Labute approximate surface area is 169 Å². The van der Waals surface area contributed by atoms with Crippen molar-refractivity contribution in [3.8, 4) is 0 Å². The molecular weight excluding hydrogens is 376 g/mol. The molecular formula is C21H26N2O2S2. The van der Waals surface area contributed by atoms with Crippen LogP contribution in [0.25, 0.3) is 0 Å². The van der Waals surface area contributed by atoms with Crippen LogP contribution in [0.1, 0.15) is 17.5 Å². The van der Waals surface area contributed by atoms with Crippen molar-refractivity contribution in [2.45, 2.75) is 28.2 Å². The van der Waals surface area contributed by atoms with Crippen LogP contribution in [-0.4, -0.2) is 41.1 Å². The van der Waals surface area contributed by atoms with Crippen LogP contribution in [0.5, 0.6) is 0 Å². The van der Waals surface area contributed by atoms with Crippen molar-refractivity contribution in [3.05, 3.63) is 71.6 Å². The van der Waals surface area contributed by atoms with Gasteiger partial charge < -0.3 is 15.9 Å². The zero-order valence-electron chi connectivity index (χ0n) is 15.5. The van der Waals surface area contributed by atoms with Crippen LogP contribution >= 0.6 is 23.5 Å². The van der Waals surface area contributed by atoms with E-state index >= 15 is 0 Å². The normalized spacial score (nSPS) is 12.2. The van der Waals surface area contributed by atoms with Crippen molar-refractivity contribution in [1.82, 2.24) is 0 Å². The predicted octanol–water partition coefficient (Wildman–Crippen LogP) is 3.71. The highest BCUT2D eigenvalue weighted by Gasteiger charge is 2.22. The first-order chi connectivity index (χ1) is 13.0. The molecule has 2 aromatic rings. The quantitative estimate of drug-likeness (QED) is 0.440. The molecule has 2 rings (SSSR count). The topological polar surface area (TPSA) is 78.8 Å². The van der Waals surface area contributed by atoms with Crippen LogP contribution < -0.4 is 5.73 Å². The lowest BCUT2D eigenvalue weighted by Gasteiger charge is -2.24. The van der Waals surface area contributed by atoms with Crippen LogP contribution in [0.2, 0.25) is 0 Å². The van der Waals surface area contributed by atoms with E-state index in [1.807, 2.05) is 0 Å². The molecule has 0 fully saturated rings. The lowest BCUT2D eigenvalue weighted by atomic mass is 9.94. The highest BCUT2D eigenvalue weighted by molar-refractivity contribution is 8.16. The van der Waals surface area contributed by atoms with Crippen LogP contribution in [-0.2, 0) is 6.42 Å². The first-order valence-corrected chi connectivity index (χ1v) is 10.4. The van der Waals surface area contributed by atoms with Crippen molar-refractivity contribution >= 4 is 28.6 Å². The van der Waals surface area contributed by atoms with Crippen molar-refractivity contribution < 1.29 is 10.2 Å². The summed E-state index contributed by atoms with van der Waals surface area (Å²) in [5.74, 6) is 0. The third kappa shape index (κ3) is 6.52. The van der Waals surface area contributed by atoms with Gasteiger partial charge in [0.1, 0.15) is 5.04 Å². The third-order valence-electron chi connectivity index (χ3n) is 4.20. The number of aliphatic imine (C=N–C) groups is 1. The second-order valence-corrected chi connectivity index (χ2v) is 8.36. The Hall–Kier alpha value is -1.57. The Balaban J connectivity index is 1.97. The molecule has 0 saturated heterocycles. The third-order valence-corrected chi connectivity index (χ3v) is 6.02. The molecule has 0 saturated carbocycles. The molecule has 0 bridgehead atoms. The standard InChI is InChI=1S/C21H26N2O2S2/c1-3-26-20(23-2)17-6-10-19(11-7-17)27-18-8-4-16(5-9-18)12-13-21(22,14-24)15-25/h3-11,24-25H,1,12-15,22H2,2H3. The summed E-state index contributed by atoms with van der Waals surface area (Å²) in [4.78, 5) is 6.59. The van der Waals surface area contributed by atoms with Gasteiger partial charge in [-0.05, 0) is 48.1 Å². The monoisotopic (exact) mass is 402 g/mol. The molecule has 2 aromatic carbocycles. The number of nitrogens with two attached hydrogens (primary N) is 1. The van der Waals surface area contributed by atoms with Gasteiger partial charge in [0, 0.05) is 22.4 Å². The molecule has 0 aliphatic heterocycles. The maximum absolute atomic E-state index is 9.27. The van der Waals surface area contributed by atoms with Crippen LogP contribution in [0.3, 0.4) is 0 Å². The Bertz CT molecular complexity index is 755. The van der Waals surface area contributed by atoms with Gasteiger partial charge in [-0.3, -0.25) is 4.99 Å². The molecule has 0 aliphatic carbocycles. The Kier molecular flexibility index (Phi) is 8.60. The van der Waals surface area contributed by atoms with Crippen LogP contribution in [0.15, 0.2) is 75.3 Å². The van der Waals surface area contributed by atoms with Gasteiger partial charge in [-0.25, -0.2) is 0 Å². The molecule has 27 heavy (non-hydrogen) atoms. The summed E-state index contributed by atoms with van der Waals surface area (Å²) in [6, 6.07) is 16.6. The van der Waals surface area contributed by atoms with Gasteiger partial charge in [0.15, 0.2) is 0 Å². The number of thioether (sulfide) groups is 1. The Morgan fingerprint density at radius 2 is 1.63 bits per heavy atom. The minimum atomic E-state index is -0.917. The van der Waals surface area contributed by atoms with E-state index in [4.69, 9.17) is 5.73 Å². The number of hydrogen-bond acceptors (Lipinski definition) is 6. The number of nitrogens with zero attached hydrogens (tertiary/aromatic N) is 1. The van der Waals surface area contributed by atoms with E-state index in [1.165, 1.54) is 11.8 Å². The first-order valence-electron chi connectivity index (χ1n) is 8.66. The van der Waals surface area contributed by atoms with E-state index in [9.17, 15) is 10.2 Å². The first kappa shape index (κ1) is 21.7. The lowest BCUT2D eigenvalue weighted by Crippen LogP contribution is -2.47. The highest BCUT2D eigenvalue weighted by Crippen LogP contribution is 2.29. The fourth-order valence-electron chi connectivity index (χ4n) is 2.46. The van der Waals surface area contributed by atoms with Crippen LogP contribution in [0, 0.1) is 0 Å². The van der Waals surface area contributed by atoms with Crippen molar-refractivity contribution in [2.24, 2.45) is 10.7 Å². The van der Waals surface area contributed by atoms with Crippen LogP contribution in [0.4, 0.5) is 0 Å². The van der Waals surface area contributed by atoms with Gasteiger partial charge >= 0.3 is 0 Å². The lowest BCUT2D eigenvalue weighted by molar-refractivity contribution is 0.115. The zero-order chi connectivity index (χ0) is 19.7. The number of aliphatic hydroxyl groups is 2. The molecule has 0 amide bonds. The molecule has 0 aliphatic rings. The maximum atomic E-state index is 9.27. The van der Waals surface area contributed by atoms with Gasteiger partial charge in [-0.15, -0.1) is 0 Å². The number of hydrogen-bond donors (Lipinski definition) is 3. The SMILES string of the molecule is C=CSC(=NC)c1ccc(Sc2ccc(CCC(N)(CO)CO)cc2)cc1. The molecule has 0 heterocycles. The summed E-state index contributed by atoms with van der Waals surface area (Å²) in [5.41, 5.74) is 7.22. The molecule has 4 nitrogen and oxygen atoms in total. The largest absolute Gasteiger partial charge is 0.394 e. The van der Waals surface area contributed by atoms with Gasteiger partial charge in [0.05, 0.1) is 18.8 Å². The second kappa shape index (κ2) is 10.7.